The highest BCUT2D eigenvalue weighted by Gasteiger charge is 2.33. The molecule has 5 nitrogen and oxygen atoms in total. The highest BCUT2D eigenvalue weighted by molar-refractivity contribution is 5.90. The van der Waals surface area contributed by atoms with Crippen molar-refractivity contribution in [1.82, 2.24) is 0 Å². The fourth-order valence-electron chi connectivity index (χ4n) is 3.62. The lowest BCUT2D eigenvalue weighted by Crippen LogP contribution is -2.07. The minimum Gasteiger partial charge on any atom is -0.507 e. The quantitative estimate of drug-likeness (QED) is 0.238. The van der Waals surface area contributed by atoms with Crippen molar-refractivity contribution in [2.75, 3.05) is 7.11 Å². The van der Waals surface area contributed by atoms with Crippen LogP contribution in [0, 0.1) is 0 Å². The van der Waals surface area contributed by atoms with Crippen LogP contribution in [0.2, 0.25) is 0 Å². The molecule has 0 aromatic heterocycles. The highest BCUT2D eigenvalue weighted by Crippen LogP contribution is 2.37. The van der Waals surface area contributed by atoms with E-state index in [-0.39, 0.29) is 58.0 Å². The van der Waals surface area contributed by atoms with Crippen LogP contribution < -0.4 is 4.74 Å². The maximum Gasteiger partial charge on any atom is 0.416 e. The first kappa shape index (κ1) is 28.5. The Morgan fingerprint density at radius 2 is 1.16 bits per heavy atom. The second kappa shape index (κ2) is 11.2. The number of ether oxygens (including phenoxy) is 1. The van der Waals surface area contributed by atoms with E-state index in [0.717, 1.165) is 36.7 Å². The van der Waals surface area contributed by atoms with Gasteiger partial charge in [-0.2, -0.15) is 26.3 Å². The number of phenols is 2. The molecule has 38 heavy (non-hydrogen) atoms. The molecule has 0 spiro atoms. The maximum absolute atomic E-state index is 13.3. The summed E-state index contributed by atoms with van der Waals surface area (Å²) < 4.78 is 85.2. The molecule has 0 heterocycles. The average molecular weight is 538 g/mol. The minimum absolute atomic E-state index is 0.0805. The zero-order valence-corrected chi connectivity index (χ0v) is 20.6. The van der Waals surface area contributed by atoms with Crippen LogP contribution in [0.4, 0.5) is 37.7 Å². The summed E-state index contributed by atoms with van der Waals surface area (Å²) in [6.07, 6.45) is -6.91. The number of nitrogens with zero attached hydrogens (tertiary/aromatic N) is 2. The Balaban J connectivity index is 2.09. The smallest absolute Gasteiger partial charge is 0.416 e. The van der Waals surface area contributed by atoms with Crippen LogP contribution in [0.25, 0.3) is 0 Å². The number of rotatable bonds is 7. The number of phenolic OH excluding ortho intramolecular Hbond substituents is 2. The molecule has 0 saturated heterocycles. The number of hydrogen-bond donors (Lipinski definition) is 2. The van der Waals surface area contributed by atoms with Crippen LogP contribution in [-0.4, -0.2) is 29.8 Å². The minimum atomic E-state index is -4.64. The fraction of sp³-hybridized carbons (Fsp3) is 0.259. The summed E-state index contributed by atoms with van der Waals surface area (Å²) in [6, 6.07) is 7.61. The number of alkyl halides is 6. The van der Waals surface area contributed by atoms with Gasteiger partial charge in [0.25, 0.3) is 0 Å². The van der Waals surface area contributed by atoms with Crippen molar-refractivity contribution < 1.29 is 41.3 Å². The SMILES string of the molecule is CCc1cc(C(F)(F)F)cc(C=Nc2ccc(OC)cc2N=Cc2cc(C(F)(F)F)cc(CC)c2O)c1O. The van der Waals surface area contributed by atoms with E-state index < -0.39 is 23.5 Å². The largest absolute Gasteiger partial charge is 0.507 e. The summed E-state index contributed by atoms with van der Waals surface area (Å²) >= 11 is 0. The topological polar surface area (TPSA) is 74.4 Å². The van der Waals surface area contributed by atoms with E-state index in [1.54, 1.807) is 13.8 Å². The molecule has 0 bridgehead atoms. The van der Waals surface area contributed by atoms with Crippen molar-refractivity contribution in [3.05, 3.63) is 75.8 Å². The number of hydrogen-bond acceptors (Lipinski definition) is 5. The van der Waals surface area contributed by atoms with Crippen molar-refractivity contribution in [2.45, 2.75) is 39.0 Å². The number of aromatic hydroxyl groups is 2. The van der Waals surface area contributed by atoms with Gasteiger partial charge in [-0.15, -0.1) is 0 Å². The molecular formula is C27H24F6N2O3. The summed E-state index contributed by atoms with van der Waals surface area (Å²) in [7, 11) is 1.38. The average Bonchev–Trinajstić information content (AvgIpc) is 2.86. The van der Waals surface area contributed by atoms with E-state index in [9.17, 15) is 36.6 Å². The number of methoxy groups -OCH3 is 1. The first-order chi connectivity index (χ1) is 17.8. The van der Waals surface area contributed by atoms with E-state index in [4.69, 9.17) is 4.74 Å². The van der Waals surface area contributed by atoms with Gasteiger partial charge >= 0.3 is 12.4 Å². The molecule has 0 aliphatic heterocycles. The normalized spacial score (nSPS) is 12.6. The Hall–Kier alpha value is -4.02. The summed E-state index contributed by atoms with van der Waals surface area (Å²) in [5.41, 5.74) is -1.88. The van der Waals surface area contributed by atoms with Gasteiger partial charge in [0.1, 0.15) is 17.2 Å². The molecular weight excluding hydrogens is 514 g/mol. The van der Waals surface area contributed by atoms with Gasteiger partial charge in [-0.05, 0) is 60.4 Å². The second-order valence-corrected chi connectivity index (χ2v) is 8.22. The van der Waals surface area contributed by atoms with E-state index in [2.05, 4.69) is 9.98 Å². The Bertz CT molecular complexity index is 1380. The lowest BCUT2D eigenvalue weighted by molar-refractivity contribution is -0.138. The summed E-state index contributed by atoms with van der Waals surface area (Å²) in [6.45, 7) is 3.19. The predicted molar refractivity (Wildman–Crippen MR) is 132 cm³/mol. The molecule has 2 N–H and O–H groups in total. The maximum atomic E-state index is 13.3. The van der Waals surface area contributed by atoms with Crippen LogP contribution in [0.15, 0.2) is 52.4 Å². The van der Waals surface area contributed by atoms with Crippen molar-refractivity contribution >= 4 is 23.8 Å². The van der Waals surface area contributed by atoms with Crippen molar-refractivity contribution in [1.29, 1.82) is 0 Å². The number of halogens is 6. The monoisotopic (exact) mass is 538 g/mol. The first-order valence-corrected chi connectivity index (χ1v) is 11.4. The molecule has 202 valence electrons. The predicted octanol–water partition coefficient (Wildman–Crippen LogP) is 7.77. The zero-order valence-electron chi connectivity index (χ0n) is 20.6. The standard InChI is InChI=1S/C27H24F6N2O3/c1-4-15-8-19(26(28,29)30)10-17(24(15)36)13-34-22-7-6-21(38-3)12-23(22)35-14-18-11-20(27(31,32)33)9-16(5-2)25(18)37/h6-14,36-37H,4-5H2,1-3H3. The molecule has 3 aromatic carbocycles. The van der Waals surface area contributed by atoms with Gasteiger partial charge in [0.2, 0.25) is 0 Å². The van der Waals surface area contributed by atoms with Gasteiger partial charge in [-0.3, -0.25) is 9.98 Å². The third-order valence-corrected chi connectivity index (χ3v) is 5.72. The summed E-state index contributed by atoms with van der Waals surface area (Å²) in [5.74, 6) is -0.393. The van der Waals surface area contributed by atoms with Crippen LogP contribution in [0.1, 0.15) is 47.2 Å². The lowest BCUT2D eigenvalue weighted by atomic mass is 10.0. The molecule has 0 saturated carbocycles. The highest BCUT2D eigenvalue weighted by atomic mass is 19.4. The van der Waals surface area contributed by atoms with E-state index in [1.165, 1.54) is 25.3 Å². The van der Waals surface area contributed by atoms with Gasteiger partial charge in [0.05, 0.1) is 29.6 Å². The molecule has 0 amide bonds. The fourth-order valence-corrected chi connectivity index (χ4v) is 3.62. The van der Waals surface area contributed by atoms with Crippen molar-refractivity contribution in [2.24, 2.45) is 9.98 Å². The Morgan fingerprint density at radius 3 is 1.55 bits per heavy atom. The zero-order chi connectivity index (χ0) is 28.3. The van der Waals surface area contributed by atoms with Gasteiger partial charge in [-0.1, -0.05) is 13.8 Å². The van der Waals surface area contributed by atoms with E-state index in [1.807, 2.05) is 0 Å². The second-order valence-electron chi connectivity index (χ2n) is 8.22. The molecule has 0 fully saturated rings. The molecule has 3 aromatic rings. The van der Waals surface area contributed by atoms with Crippen LogP contribution >= 0.6 is 0 Å². The van der Waals surface area contributed by atoms with Crippen molar-refractivity contribution in [3.63, 3.8) is 0 Å². The Labute approximate surface area is 214 Å². The molecule has 11 heteroatoms. The van der Waals surface area contributed by atoms with Gasteiger partial charge in [0.15, 0.2) is 0 Å². The molecule has 0 radical (unpaired) electrons. The third-order valence-electron chi connectivity index (χ3n) is 5.72. The van der Waals surface area contributed by atoms with E-state index >= 15 is 0 Å². The van der Waals surface area contributed by atoms with Crippen LogP contribution in [0.3, 0.4) is 0 Å². The Kier molecular flexibility index (Phi) is 8.38. The number of aliphatic imine (C=N–C) groups is 2. The molecule has 3 rings (SSSR count). The van der Waals surface area contributed by atoms with Gasteiger partial charge in [0, 0.05) is 29.6 Å². The summed E-state index contributed by atoms with van der Waals surface area (Å²) in [4.78, 5) is 8.35. The first-order valence-electron chi connectivity index (χ1n) is 11.4. The molecule has 0 atom stereocenters. The Morgan fingerprint density at radius 1 is 0.711 bits per heavy atom. The summed E-state index contributed by atoms with van der Waals surface area (Å²) in [5, 5.41) is 20.8. The van der Waals surface area contributed by atoms with Gasteiger partial charge < -0.3 is 14.9 Å². The van der Waals surface area contributed by atoms with Crippen molar-refractivity contribution in [3.8, 4) is 17.2 Å². The molecule has 0 aliphatic rings. The third kappa shape index (κ3) is 6.45. The number of benzene rings is 3. The van der Waals surface area contributed by atoms with Gasteiger partial charge in [-0.25, -0.2) is 0 Å². The van der Waals surface area contributed by atoms with E-state index in [0.29, 0.717) is 5.75 Å². The molecule has 0 unspecified atom stereocenters. The molecule has 0 aliphatic carbocycles. The van der Waals surface area contributed by atoms with Crippen LogP contribution in [-0.2, 0) is 25.2 Å². The number of aryl methyl sites for hydroxylation is 2. The van der Waals surface area contributed by atoms with Crippen LogP contribution in [0.5, 0.6) is 17.2 Å². The lowest BCUT2D eigenvalue weighted by Gasteiger charge is -2.12.